The van der Waals surface area contributed by atoms with Crippen molar-refractivity contribution >= 4 is 33.4 Å². The molecule has 0 radical (unpaired) electrons. The Bertz CT molecular complexity index is 525. The van der Waals surface area contributed by atoms with Gasteiger partial charge in [-0.1, -0.05) is 15.9 Å². The molecule has 1 saturated heterocycles. The zero-order valence-corrected chi connectivity index (χ0v) is 13.2. The van der Waals surface area contributed by atoms with Gasteiger partial charge in [-0.25, -0.2) is 0 Å². The Morgan fingerprint density at radius 1 is 1.35 bits per heavy atom. The van der Waals surface area contributed by atoms with Crippen LogP contribution in [-0.4, -0.2) is 48.3 Å². The van der Waals surface area contributed by atoms with Crippen LogP contribution in [0.25, 0.3) is 0 Å². The number of hydrogen-bond donors (Lipinski definition) is 1. The lowest BCUT2D eigenvalue weighted by Gasteiger charge is -2.26. The van der Waals surface area contributed by atoms with E-state index in [0.29, 0.717) is 24.2 Å². The third-order valence-corrected chi connectivity index (χ3v) is 3.86. The zero-order valence-electron chi connectivity index (χ0n) is 11.6. The Kier molecular flexibility index (Phi) is 4.32. The van der Waals surface area contributed by atoms with E-state index in [1.54, 1.807) is 37.2 Å². The van der Waals surface area contributed by atoms with E-state index in [1.165, 1.54) is 4.90 Å². The number of anilines is 1. The van der Waals surface area contributed by atoms with Crippen LogP contribution in [0.5, 0.6) is 0 Å². The maximum absolute atomic E-state index is 12.6. The number of nitrogens with zero attached hydrogens (tertiary/aromatic N) is 2. The summed E-state index contributed by atoms with van der Waals surface area (Å²) in [5, 5.41) is 0. The van der Waals surface area contributed by atoms with Gasteiger partial charge in [0.15, 0.2) is 0 Å². The second kappa shape index (κ2) is 5.83. The molecule has 5 nitrogen and oxygen atoms in total. The van der Waals surface area contributed by atoms with E-state index in [1.807, 2.05) is 0 Å². The van der Waals surface area contributed by atoms with Crippen LogP contribution in [0.4, 0.5) is 5.69 Å². The first-order valence-electron chi connectivity index (χ1n) is 6.48. The van der Waals surface area contributed by atoms with E-state index in [4.69, 9.17) is 5.73 Å². The van der Waals surface area contributed by atoms with Gasteiger partial charge in [0.05, 0.1) is 0 Å². The standard InChI is InChI=1S/C14H18BrN3O2/c1-17(2)14(20)12-4-3-5-18(12)13(19)9-6-10(15)8-11(16)7-9/h6-8,12H,3-5,16H2,1-2H3. The minimum atomic E-state index is -0.363. The first-order chi connectivity index (χ1) is 9.40. The van der Waals surface area contributed by atoms with Gasteiger partial charge in [-0.2, -0.15) is 0 Å². The minimum Gasteiger partial charge on any atom is -0.399 e. The summed E-state index contributed by atoms with van der Waals surface area (Å²) in [6, 6.07) is 4.75. The minimum absolute atomic E-state index is 0.0289. The van der Waals surface area contributed by atoms with Crippen LogP contribution in [0.1, 0.15) is 23.2 Å². The summed E-state index contributed by atoms with van der Waals surface area (Å²) in [5.74, 6) is -0.172. The molecule has 2 rings (SSSR count). The number of carbonyl (C=O) groups is 2. The molecule has 1 unspecified atom stereocenters. The van der Waals surface area contributed by atoms with Crippen molar-refractivity contribution in [2.24, 2.45) is 0 Å². The molecule has 20 heavy (non-hydrogen) atoms. The monoisotopic (exact) mass is 339 g/mol. The van der Waals surface area contributed by atoms with Gasteiger partial charge < -0.3 is 15.5 Å². The lowest BCUT2D eigenvalue weighted by Crippen LogP contribution is -2.45. The SMILES string of the molecule is CN(C)C(=O)C1CCCN1C(=O)c1cc(N)cc(Br)c1. The molecular formula is C14H18BrN3O2. The largest absolute Gasteiger partial charge is 0.399 e. The average molecular weight is 340 g/mol. The number of rotatable bonds is 2. The van der Waals surface area contributed by atoms with Crippen LogP contribution in [0, 0.1) is 0 Å². The topological polar surface area (TPSA) is 66.6 Å². The van der Waals surface area contributed by atoms with Crippen LogP contribution in [0.3, 0.4) is 0 Å². The van der Waals surface area contributed by atoms with E-state index >= 15 is 0 Å². The highest BCUT2D eigenvalue weighted by atomic mass is 79.9. The van der Waals surface area contributed by atoms with Crippen molar-refractivity contribution in [3.63, 3.8) is 0 Å². The predicted molar refractivity (Wildman–Crippen MR) is 81.3 cm³/mol. The zero-order chi connectivity index (χ0) is 14.9. The van der Waals surface area contributed by atoms with Crippen LogP contribution < -0.4 is 5.73 Å². The van der Waals surface area contributed by atoms with Gasteiger partial charge in [0.1, 0.15) is 6.04 Å². The van der Waals surface area contributed by atoms with Crippen molar-refractivity contribution in [2.45, 2.75) is 18.9 Å². The van der Waals surface area contributed by atoms with E-state index in [2.05, 4.69) is 15.9 Å². The fraction of sp³-hybridized carbons (Fsp3) is 0.429. The van der Waals surface area contributed by atoms with E-state index in [-0.39, 0.29) is 17.9 Å². The number of halogens is 1. The summed E-state index contributed by atoms with van der Waals surface area (Å²) >= 11 is 3.33. The van der Waals surface area contributed by atoms with Gasteiger partial charge in [0.25, 0.3) is 5.91 Å². The van der Waals surface area contributed by atoms with Crippen molar-refractivity contribution in [1.82, 2.24) is 9.80 Å². The summed E-state index contributed by atoms with van der Waals surface area (Å²) in [6.45, 7) is 0.607. The molecule has 1 aliphatic rings. The second-order valence-corrected chi connectivity index (χ2v) is 6.08. The Balaban J connectivity index is 2.25. The molecule has 0 spiro atoms. The van der Waals surface area contributed by atoms with E-state index in [0.717, 1.165) is 10.9 Å². The highest BCUT2D eigenvalue weighted by Gasteiger charge is 2.35. The maximum Gasteiger partial charge on any atom is 0.254 e. The molecule has 0 aliphatic carbocycles. The molecule has 1 aromatic rings. The first kappa shape index (κ1) is 14.8. The molecule has 1 atom stereocenters. The fourth-order valence-electron chi connectivity index (χ4n) is 2.47. The van der Waals surface area contributed by atoms with Crippen molar-refractivity contribution in [2.75, 3.05) is 26.4 Å². The van der Waals surface area contributed by atoms with Crippen LogP contribution in [0.15, 0.2) is 22.7 Å². The Labute approximate surface area is 126 Å². The van der Waals surface area contributed by atoms with Crippen molar-refractivity contribution < 1.29 is 9.59 Å². The number of carbonyl (C=O) groups excluding carboxylic acids is 2. The maximum atomic E-state index is 12.6. The Hall–Kier alpha value is -1.56. The number of nitrogen functional groups attached to an aromatic ring is 1. The van der Waals surface area contributed by atoms with Gasteiger partial charge in [0, 0.05) is 36.4 Å². The number of amides is 2. The lowest BCUT2D eigenvalue weighted by molar-refractivity contribution is -0.132. The third-order valence-electron chi connectivity index (χ3n) is 3.41. The number of benzene rings is 1. The van der Waals surface area contributed by atoms with E-state index in [9.17, 15) is 9.59 Å². The van der Waals surface area contributed by atoms with Gasteiger partial charge in [-0.3, -0.25) is 9.59 Å². The second-order valence-electron chi connectivity index (χ2n) is 5.16. The molecule has 1 aromatic carbocycles. The van der Waals surface area contributed by atoms with Crippen LogP contribution >= 0.6 is 15.9 Å². The summed E-state index contributed by atoms with van der Waals surface area (Å²) in [5.41, 5.74) is 6.80. The molecule has 108 valence electrons. The van der Waals surface area contributed by atoms with Gasteiger partial charge in [0.2, 0.25) is 5.91 Å². The van der Waals surface area contributed by atoms with Crippen molar-refractivity contribution in [3.05, 3.63) is 28.2 Å². The summed E-state index contributed by atoms with van der Waals surface area (Å²) < 4.78 is 0.760. The first-order valence-corrected chi connectivity index (χ1v) is 7.27. The molecule has 1 fully saturated rings. The van der Waals surface area contributed by atoms with Crippen molar-refractivity contribution in [1.29, 1.82) is 0 Å². The lowest BCUT2D eigenvalue weighted by atomic mass is 10.1. The van der Waals surface area contributed by atoms with Crippen LogP contribution in [-0.2, 0) is 4.79 Å². The quantitative estimate of drug-likeness (QED) is 0.834. The summed E-state index contributed by atoms with van der Waals surface area (Å²) in [6.07, 6.45) is 1.56. The molecule has 0 aromatic heterocycles. The van der Waals surface area contributed by atoms with Gasteiger partial charge >= 0.3 is 0 Å². The number of hydrogen-bond acceptors (Lipinski definition) is 3. The van der Waals surface area contributed by atoms with Gasteiger partial charge in [-0.15, -0.1) is 0 Å². The molecule has 1 aliphatic heterocycles. The fourth-order valence-corrected chi connectivity index (χ4v) is 2.98. The summed E-state index contributed by atoms with van der Waals surface area (Å²) in [4.78, 5) is 27.9. The highest BCUT2D eigenvalue weighted by molar-refractivity contribution is 9.10. The molecule has 1 heterocycles. The summed E-state index contributed by atoms with van der Waals surface area (Å²) in [7, 11) is 3.42. The Morgan fingerprint density at radius 2 is 2.05 bits per heavy atom. The molecule has 0 saturated carbocycles. The Morgan fingerprint density at radius 3 is 2.65 bits per heavy atom. The van der Waals surface area contributed by atoms with Gasteiger partial charge in [-0.05, 0) is 31.0 Å². The molecule has 6 heteroatoms. The van der Waals surface area contributed by atoms with E-state index < -0.39 is 0 Å². The van der Waals surface area contributed by atoms with Crippen LogP contribution in [0.2, 0.25) is 0 Å². The highest BCUT2D eigenvalue weighted by Crippen LogP contribution is 2.24. The molecule has 2 N–H and O–H groups in total. The number of likely N-dealkylation sites (tertiary alicyclic amines) is 1. The predicted octanol–water partition coefficient (Wildman–Crippen LogP) is 1.72. The average Bonchev–Trinajstić information content (AvgIpc) is 2.84. The van der Waals surface area contributed by atoms with Crippen molar-refractivity contribution in [3.8, 4) is 0 Å². The number of likely N-dealkylation sites (N-methyl/N-ethyl adjacent to an activating group) is 1. The smallest absolute Gasteiger partial charge is 0.254 e. The molecular weight excluding hydrogens is 322 g/mol. The third kappa shape index (κ3) is 2.95. The normalized spacial score (nSPS) is 18.1. The number of nitrogens with two attached hydrogens (primary N) is 1. The molecule has 2 amide bonds. The molecule has 0 bridgehead atoms.